The van der Waals surface area contributed by atoms with Crippen LogP contribution in [0.2, 0.25) is 0 Å². The van der Waals surface area contributed by atoms with Gasteiger partial charge in [-0.25, -0.2) is 4.79 Å². The molecule has 0 aromatic rings. The SMILES string of the molecule is CC(C)(C)OC(=O)N1CC(CC#N)(N/C=C(/N)C=N)C1. The lowest BCUT2D eigenvalue weighted by atomic mass is 9.87. The van der Waals surface area contributed by atoms with Crippen LogP contribution >= 0.6 is 0 Å². The van der Waals surface area contributed by atoms with E-state index in [9.17, 15) is 4.79 Å². The van der Waals surface area contributed by atoms with Crippen LogP contribution in [-0.2, 0) is 4.74 Å². The first kappa shape index (κ1) is 15.8. The van der Waals surface area contributed by atoms with E-state index in [2.05, 4.69) is 11.4 Å². The number of carbonyl (C=O) groups is 1. The lowest BCUT2D eigenvalue weighted by molar-refractivity contribution is -0.0125. The highest BCUT2D eigenvalue weighted by Gasteiger charge is 2.46. The Hall–Kier alpha value is -2.23. The maximum atomic E-state index is 11.8. The number of ether oxygens (including phenoxy) is 1. The number of nitriles is 1. The summed E-state index contributed by atoms with van der Waals surface area (Å²) in [5, 5.41) is 18.9. The van der Waals surface area contributed by atoms with Crippen LogP contribution in [0.4, 0.5) is 4.79 Å². The Morgan fingerprint density at radius 3 is 2.65 bits per heavy atom. The average Bonchev–Trinajstić information content (AvgIpc) is 2.28. The molecule has 7 heteroatoms. The Morgan fingerprint density at radius 1 is 1.60 bits per heavy atom. The smallest absolute Gasteiger partial charge is 0.410 e. The van der Waals surface area contributed by atoms with Gasteiger partial charge in [-0.2, -0.15) is 5.26 Å². The number of carbonyl (C=O) groups excluding carboxylic acids is 1. The zero-order valence-corrected chi connectivity index (χ0v) is 12.1. The first-order valence-electron chi connectivity index (χ1n) is 6.30. The summed E-state index contributed by atoms with van der Waals surface area (Å²) < 4.78 is 5.26. The third-order valence-electron chi connectivity index (χ3n) is 2.77. The summed E-state index contributed by atoms with van der Waals surface area (Å²) in [5.41, 5.74) is 4.71. The Morgan fingerprint density at radius 2 is 2.20 bits per heavy atom. The molecule has 0 saturated carbocycles. The second kappa shape index (κ2) is 5.82. The van der Waals surface area contributed by atoms with Crippen LogP contribution in [-0.4, -0.2) is 41.4 Å². The maximum Gasteiger partial charge on any atom is 0.410 e. The number of hydrogen-bond acceptors (Lipinski definition) is 6. The van der Waals surface area contributed by atoms with Crippen molar-refractivity contribution in [2.75, 3.05) is 13.1 Å². The summed E-state index contributed by atoms with van der Waals surface area (Å²) >= 11 is 0. The van der Waals surface area contributed by atoms with Crippen LogP contribution in [0, 0.1) is 16.7 Å². The molecule has 1 rings (SSSR count). The summed E-state index contributed by atoms with van der Waals surface area (Å²) in [6.07, 6.45) is 2.35. The zero-order chi connectivity index (χ0) is 15.4. The van der Waals surface area contributed by atoms with Gasteiger partial charge in [0.2, 0.25) is 0 Å². The standard InChI is InChI=1S/C13H21N5O2/c1-12(2,3)20-11(19)18-8-13(9-18,4-5-14)17-7-10(16)6-15/h6-7,15,17H,4,8-9,16H2,1-3H3/b10-7+,15-6?. The Bertz CT molecular complexity index is 452. The summed E-state index contributed by atoms with van der Waals surface area (Å²) in [6, 6.07) is 2.09. The summed E-state index contributed by atoms with van der Waals surface area (Å²) in [5.74, 6) is 0. The van der Waals surface area contributed by atoms with E-state index in [0.717, 1.165) is 6.21 Å². The lowest BCUT2D eigenvalue weighted by Crippen LogP contribution is -2.69. The van der Waals surface area contributed by atoms with Crippen molar-refractivity contribution >= 4 is 12.3 Å². The van der Waals surface area contributed by atoms with E-state index in [1.54, 1.807) is 20.8 Å². The quantitative estimate of drug-likeness (QED) is 0.662. The van der Waals surface area contributed by atoms with Crippen molar-refractivity contribution in [2.45, 2.75) is 38.3 Å². The van der Waals surface area contributed by atoms with Gasteiger partial charge in [0.15, 0.2) is 0 Å². The molecule has 0 bridgehead atoms. The van der Waals surface area contributed by atoms with Gasteiger partial charge in [0.05, 0.1) is 23.7 Å². The number of nitrogens with two attached hydrogens (primary N) is 1. The fourth-order valence-corrected chi connectivity index (χ4v) is 1.82. The van der Waals surface area contributed by atoms with E-state index in [4.69, 9.17) is 21.1 Å². The average molecular weight is 279 g/mol. The van der Waals surface area contributed by atoms with Crippen LogP contribution < -0.4 is 11.1 Å². The van der Waals surface area contributed by atoms with Crippen molar-refractivity contribution in [3.8, 4) is 6.07 Å². The number of likely N-dealkylation sites (tertiary alicyclic amines) is 1. The molecule has 0 unspecified atom stereocenters. The van der Waals surface area contributed by atoms with Gasteiger partial charge >= 0.3 is 6.09 Å². The lowest BCUT2D eigenvalue weighted by Gasteiger charge is -2.49. The van der Waals surface area contributed by atoms with E-state index in [-0.39, 0.29) is 12.1 Å². The summed E-state index contributed by atoms with van der Waals surface area (Å²) in [6.45, 7) is 6.16. The molecule has 0 aromatic carbocycles. The van der Waals surface area contributed by atoms with Crippen molar-refractivity contribution in [3.05, 3.63) is 11.9 Å². The number of amides is 1. The van der Waals surface area contributed by atoms with Crippen LogP contribution in [0.15, 0.2) is 11.9 Å². The fraction of sp³-hybridized carbons (Fsp3) is 0.615. The van der Waals surface area contributed by atoms with Crippen LogP contribution in [0.5, 0.6) is 0 Å². The van der Waals surface area contributed by atoms with Gasteiger partial charge in [-0.15, -0.1) is 0 Å². The second-order valence-corrected chi connectivity index (χ2v) is 5.88. The molecule has 1 saturated heterocycles. The highest BCUT2D eigenvalue weighted by Crippen LogP contribution is 2.26. The summed E-state index contributed by atoms with van der Waals surface area (Å²) in [7, 11) is 0. The van der Waals surface area contributed by atoms with E-state index < -0.39 is 17.2 Å². The van der Waals surface area contributed by atoms with Gasteiger partial charge in [0, 0.05) is 25.5 Å². The molecule has 0 spiro atoms. The second-order valence-electron chi connectivity index (χ2n) is 5.88. The molecule has 0 atom stereocenters. The highest BCUT2D eigenvalue weighted by molar-refractivity contribution is 5.74. The molecule has 1 amide bonds. The van der Waals surface area contributed by atoms with Gasteiger partial charge in [-0.05, 0) is 20.8 Å². The molecule has 1 aliphatic rings. The molecule has 1 aliphatic heterocycles. The molecular weight excluding hydrogens is 258 g/mol. The summed E-state index contributed by atoms with van der Waals surface area (Å²) in [4.78, 5) is 13.4. The van der Waals surface area contributed by atoms with Crippen molar-refractivity contribution in [3.63, 3.8) is 0 Å². The monoisotopic (exact) mass is 279 g/mol. The Labute approximate surface area is 118 Å². The van der Waals surface area contributed by atoms with E-state index >= 15 is 0 Å². The molecule has 7 nitrogen and oxygen atoms in total. The highest BCUT2D eigenvalue weighted by atomic mass is 16.6. The minimum Gasteiger partial charge on any atom is -0.444 e. The molecule has 20 heavy (non-hydrogen) atoms. The number of nitrogens with one attached hydrogen (secondary N) is 2. The minimum atomic E-state index is -0.539. The number of rotatable bonds is 4. The number of allylic oxidation sites excluding steroid dienone is 1. The van der Waals surface area contributed by atoms with Gasteiger partial charge in [0.1, 0.15) is 5.60 Å². The maximum absolute atomic E-state index is 11.8. The van der Waals surface area contributed by atoms with Gasteiger partial charge in [-0.3, -0.25) is 0 Å². The van der Waals surface area contributed by atoms with E-state index in [1.165, 1.54) is 11.1 Å². The topological polar surface area (TPSA) is 115 Å². The predicted octanol–water partition coefficient (Wildman–Crippen LogP) is 0.929. The molecule has 4 N–H and O–H groups in total. The first-order chi connectivity index (χ1) is 9.21. The van der Waals surface area contributed by atoms with Gasteiger partial charge < -0.3 is 26.1 Å². The van der Waals surface area contributed by atoms with Crippen molar-refractivity contribution in [1.29, 1.82) is 10.7 Å². The van der Waals surface area contributed by atoms with E-state index in [1.807, 2.05) is 0 Å². The van der Waals surface area contributed by atoms with Crippen molar-refractivity contribution in [2.24, 2.45) is 5.73 Å². The third-order valence-corrected chi connectivity index (χ3v) is 2.77. The molecule has 0 aromatic heterocycles. The van der Waals surface area contributed by atoms with E-state index in [0.29, 0.717) is 13.1 Å². The normalized spacial score (nSPS) is 17.7. The molecule has 1 fully saturated rings. The van der Waals surface area contributed by atoms with Crippen LogP contribution in [0.25, 0.3) is 0 Å². The minimum absolute atomic E-state index is 0.244. The molecular formula is C13H21N5O2. The number of nitrogens with zero attached hydrogens (tertiary/aromatic N) is 2. The fourth-order valence-electron chi connectivity index (χ4n) is 1.82. The Balaban J connectivity index is 2.61. The number of hydrogen-bond donors (Lipinski definition) is 3. The van der Waals surface area contributed by atoms with Gasteiger partial charge in [-0.1, -0.05) is 0 Å². The predicted molar refractivity (Wildman–Crippen MR) is 75.0 cm³/mol. The largest absolute Gasteiger partial charge is 0.444 e. The van der Waals surface area contributed by atoms with Crippen LogP contribution in [0.3, 0.4) is 0 Å². The van der Waals surface area contributed by atoms with Crippen molar-refractivity contribution < 1.29 is 9.53 Å². The zero-order valence-electron chi connectivity index (χ0n) is 12.1. The molecule has 0 aliphatic carbocycles. The Kier molecular flexibility index (Phi) is 4.61. The first-order valence-corrected chi connectivity index (χ1v) is 6.30. The van der Waals surface area contributed by atoms with Crippen molar-refractivity contribution in [1.82, 2.24) is 10.2 Å². The molecule has 110 valence electrons. The van der Waals surface area contributed by atoms with Gasteiger partial charge in [0.25, 0.3) is 0 Å². The van der Waals surface area contributed by atoms with Crippen LogP contribution in [0.1, 0.15) is 27.2 Å². The third kappa shape index (κ3) is 4.16. The molecule has 1 heterocycles. The molecule has 0 radical (unpaired) electrons.